The summed E-state index contributed by atoms with van der Waals surface area (Å²) in [6, 6.07) is 0. The van der Waals surface area contributed by atoms with Gasteiger partial charge in [0.25, 0.3) is 0 Å². The van der Waals surface area contributed by atoms with E-state index in [0.717, 1.165) is 12.8 Å². The maximum Gasteiger partial charge on any atom is 0.236 e. The number of hydrogen-bond donors (Lipinski definition) is 0. The zero-order valence-corrected chi connectivity index (χ0v) is 13.0. The first-order valence-electron chi connectivity index (χ1n) is 8.31. The van der Waals surface area contributed by atoms with Crippen molar-refractivity contribution in [3.8, 4) is 0 Å². The van der Waals surface area contributed by atoms with Crippen LogP contribution in [0.1, 0.15) is 52.4 Å². The van der Waals surface area contributed by atoms with Gasteiger partial charge in [-0.3, -0.25) is 14.5 Å². The molecule has 3 heterocycles. The number of unbranched alkanes of at least 4 members (excludes halogenated alkanes) is 5. The number of rotatable bonds is 7. The number of ether oxygens (including phenoxy) is 1. The number of carbonyl (C=O) groups is 2. The SMILES string of the molecule is CCCCCCCCN1C(=O)[C@@H]2[C@@H]3C=C[C@@](C)(O3)[C@@H]2C1=O. The molecule has 2 saturated heterocycles. The van der Waals surface area contributed by atoms with Crippen LogP contribution in [0.4, 0.5) is 0 Å². The van der Waals surface area contributed by atoms with E-state index in [1.807, 2.05) is 19.1 Å². The molecule has 4 heteroatoms. The minimum Gasteiger partial charge on any atom is -0.362 e. The van der Waals surface area contributed by atoms with E-state index in [1.165, 1.54) is 30.6 Å². The van der Waals surface area contributed by atoms with Crippen molar-refractivity contribution in [3.05, 3.63) is 12.2 Å². The minimum absolute atomic E-state index is 0.0170. The molecule has 0 radical (unpaired) electrons. The maximum absolute atomic E-state index is 12.5. The number of fused-ring (bicyclic) bond motifs is 5. The Morgan fingerprint density at radius 2 is 1.86 bits per heavy atom. The monoisotopic (exact) mass is 291 g/mol. The molecule has 2 bridgehead atoms. The van der Waals surface area contributed by atoms with Crippen LogP contribution in [-0.2, 0) is 14.3 Å². The number of likely N-dealkylation sites (tertiary alicyclic amines) is 1. The third-order valence-electron chi connectivity index (χ3n) is 5.16. The van der Waals surface area contributed by atoms with E-state index >= 15 is 0 Å². The Morgan fingerprint density at radius 3 is 2.57 bits per heavy atom. The molecular weight excluding hydrogens is 266 g/mol. The van der Waals surface area contributed by atoms with Crippen molar-refractivity contribution in [2.75, 3.05) is 6.54 Å². The van der Waals surface area contributed by atoms with Crippen molar-refractivity contribution in [3.63, 3.8) is 0 Å². The molecule has 4 atom stereocenters. The van der Waals surface area contributed by atoms with Crippen LogP contribution in [0.25, 0.3) is 0 Å². The Kier molecular flexibility index (Phi) is 3.91. The van der Waals surface area contributed by atoms with Gasteiger partial charge >= 0.3 is 0 Å². The molecule has 3 aliphatic heterocycles. The average molecular weight is 291 g/mol. The van der Waals surface area contributed by atoms with Gasteiger partial charge in [0.1, 0.15) is 0 Å². The third-order valence-corrected chi connectivity index (χ3v) is 5.16. The molecule has 21 heavy (non-hydrogen) atoms. The van der Waals surface area contributed by atoms with E-state index < -0.39 is 5.60 Å². The summed E-state index contributed by atoms with van der Waals surface area (Å²) >= 11 is 0. The summed E-state index contributed by atoms with van der Waals surface area (Å²) in [5.41, 5.74) is -0.558. The third kappa shape index (κ3) is 2.33. The lowest BCUT2D eigenvalue weighted by atomic mass is 9.78. The summed E-state index contributed by atoms with van der Waals surface area (Å²) in [4.78, 5) is 26.5. The molecule has 4 nitrogen and oxygen atoms in total. The van der Waals surface area contributed by atoms with Crippen molar-refractivity contribution in [2.24, 2.45) is 11.8 Å². The zero-order valence-electron chi connectivity index (χ0n) is 13.0. The predicted molar refractivity (Wildman–Crippen MR) is 79.5 cm³/mol. The fourth-order valence-corrected chi connectivity index (χ4v) is 3.98. The molecule has 0 saturated carbocycles. The highest BCUT2D eigenvalue weighted by atomic mass is 16.5. The molecule has 0 unspecified atom stereocenters. The van der Waals surface area contributed by atoms with Gasteiger partial charge in [0.05, 0.1) is 23.5 Å². The largest absolute Gasteiger partial charge is 0.362 e. The van der Waals surface area contributed by atoms with E-state index in [-0.39, 0.29) is 29.8 Å². The van der Waals surface area contributed by atoms with E-state index in [1.54, 1.807) is 0 Å². The Balaban J connectivity index is 1.55. The lowest BCUT2D eigenvalue weighted by Crippen LogP contribution is -2.38. The van der Waals surface area contributed by atoms with Gasteiger partial charge in [-0.25, -0.2) is 0 Å². The highest BCUT2D eigenvalue weighted by Crippen LogP contribution is 2.51. The van der Waals surface area contributed by atoms with Gasteiger partial charge in [-0.1, -0.05) is 51.2 Å². The zero-order chi connectivity index (χ0) is 15.0. The van der Waals surface area contributed by atoms with Gasteiger partial charge in [-0.2, -0.15) is 0 Å². The highest BCUT2D eigenvalue weighted by molar-refractivity contribution is 6.07. The number of hydrogen-bond acceptors (Lipinski definition) is 3. The maximum atomic E-state index is 12.5. The van der Waals surface area contributed by atoms with Crippen molar-refractivity contribution < 1.29 is 14.3 Å². The standard InChI is InChI=1S/C17H25NO3/c1-3-4-5-6-7-8-11-18-15(19)13-12-9-10-17(2,21-12)14(13)16(18)20/h9-10,12-14H,3-8,11H2,1-2H3/t12-,13+,14-,17+/m0/s1. The van der Waals surface area contributed by atoms with Gasteiger partial charge in [0.15, 0.2) is 0 Å². The number of nitrogens with zero attached hydrogens (tertiary/aromatic N) is 1. The minimum atomic E-state index is -0.558. The normalized spacial score (nSPS) is 36.9. The summed E-state index contributed by atoms with van der Waals surface area (Å²) in [5, 5.41) is 0. The van der Waals surface area contributed by atoms with Crippen LogP contribution >= 0.6 is 0 Å². The molecule has 0 N–H and O–H groups in total. The smallest absolute Gasteiger partial charge is 0.236 e. The first-order valence-corrected chi connectivity index (χ1v) is 8.31. The second-order valence-corrected chi connectivity index (χ2v) is 6.72. The Labute approximate surface area is 126 Å². The van der Waals surface area contributed by atoms with Crippen LogP contribution in [0.3, 0.4) is 0 Å². The van der Waals surface area contributed by atoms with Gasteiger partial charge in [-0.15, -0.1) is 0 Å². The summed E-state index contributed by atoms with van der Waals surface area (Å²) in [7, 11) is 0. The quantitative estimate of drug-likeness (QED) is 0.411. The lowest BCUT2D eigenvalue weighted by Gasteiger charge is -2.24. The first kappa shape index (κ1) is 14.8. The second kappa shape index (κ2) is 5.56. The van der Waals surface area contributed by atoms with Crippen LogP contribution in [0.15, 0.2) is 12.2 Å². The highest BCUT2D eigenvalue weighted by Gasteiger charge is 2.65. The van der Waals surface area contributed by atoms with Crippen molar-refractivity contribution in [1.29, 1.82) is 0 Å². The van der Waals surface area contributed by atoms with E-state index in [2.05, 4.69) is 6.92 Å². The summed E-state index contributed by atoms with van der Waals surface area (Å²) in [5.74, 6) is -0.600. The summed E-state index contributed by atoms with van der Waals surface area (Å²) < 4.78 is 5.81. The van der Waals surface area contributed by atoms with E-state index in [9.17, 15) is 9.59 Å². The first-order chi connectivity index (χ1) is 10.1. The van der Waals surface area contributed by atoms with Crippen molar-refractivity contribution in [1.82, 2.24) is 4.90 Å². The summed E-state index contributed by atoms with van der Waals surface area (Å²) in [6.45, 7) is 4.71. The van der Waals surface area contributed by atoms with Crippen LogP contribution in [0.2, 0.25) is 0 Å². The molecule has 116 valence electrons. The molecule has 3 rings (SSSR count). The van der Waals surface area contributed by atoms with Gasteiger partial charge in [0.2, 0.25) is 11.8 Å². The fraction of sp³-hybridized carbons (Fsp3) is 0.765. The Bertz CT molecular complexity index is 473. The van der Waals surface area contributed by atoms with Gasteiger partial charge < -0.3 is 4.74 Å². The molecule has 2 fully saturated rings. The fourth-order valence-electron chi connectivity index (χ4n) is 3.98. The van der Waals surface area contributed by atoms with Crippen LogP contribution in [0.5, 0.6) is 0 Å². The summed E-state index contributed by atoms with van der Waals surface area (Å²) in [6.07, 6.45) is 10.7. The lowest BCUT2D eigenvalue weighted by molar-refractivity contribution is -0.143. The average Bonchev–Trinajstić information content (AvgIpc) is 3.05. The number of imide groups is 1. The predicted octanol–water partition coefficient (Wildman–Crippen LogP) is 2.68. The van der Waals surface area contributed by atoms with Crippen LogP contribution < -0.4 is 0 Å². The molecule has 0 spiro atoms. The van der Waals surface area contributed by atoms with Crippen LogP contribution in [0, 0.1) is 11.8 Å². The van der Waals surface area contributed by atoms with Crippen molar-refractivity contribution in [2.45, 2.75) is 64.1 Å². The molecule has 0 aliphatic carbocycles. The molecule has 3 aliphatic rings. The van der Waals surface area contributed by atoms with Gasteiger partial charge in [-0.05, 0) is 13.3 Å². The second-order valence-electron chi connectivity index (χ2n) is 6.72. The molecule has 0 aromatic heterocycles. The van der Waals surface area contributed by atoms with Crippen LogP contribution in [-0.4, -0.2) is 35.0 Å². The molecule has 2 amide bonds. The Morgan fingerprint density at radius 1 is 1.14 bits per heavy atom. The molecule has 0 aromatic carbocycles. The number of carbonyl (C=O) groups excluding carboxylic acids is 2. The molecular formula is C17H25NO3. The topological polar surface area (TPSA) is 46.6 Å². The van der Waals surface area contributed by atoms with E-state index in [4.69, 9.17) is 4.74 Å². The van der Waals surface area contributed by atoms with Gasteiger partial charge in [0, 0.05) is 6.54 Å². The van der Waals surface area contributed by atoms with E-state index in [0.29, 0.717) is 6.54 Å². The number of amides is 2. The molecule has 0 aromatic rings. The Hall–Kier alpha value is -1.16. The van der Waals surface area contributed by atoms with Crippen molar-refractivity contribution >= 4 is 11.8 Å².